The first-order chi connectivity index (χ1) is 19.7. The third-order valence-corrected chi connectivity index (χ3v) is 7.49. The molecular weight excluding hydrogens is 546 g/mol. The van der Waals surface area contributed by atoms with Crippen molar-refractivity contribution in [3.8, 4) is 0 Å². The van der Waals surface area contributed by atoms with E-state index in [0.717, 1.165) is 22.9 Å². The first kappa shape index (κ1) is 34.1. The number of benzene rings is 1. The van der Waals surface area contributed by atoms with Gasteiger partial charge in [0.15, 0.2) is 0 Å². The van der Waals surface area contributed by atoms with Crippen molar-refractivity contribution in [3.05, 3.63) is 36.0 Å². The fourth-order valence-electron chi connectivity index (χ4n) is 4.45. The lowest BCUT2D eigenvalue weighted by molar-refractivity contribution is -0.142. The van der Waals surface area contributed by atoms with Crippen LogP contribution in [0.1, 0.15) is 50.5 Å². The number of unbranched alkanes of at least 4 members (excludes halogenated alkanes) is 2. The number of carboxylic acid groups (broad SMARTS) is 1. The molecule has 0 saturated heterocycles. The predicted octanol–water partition coefficient (Wildman–Crippen LogP) is 0.588. The van der Waals surface area contributed by atoms with Crippen molar-refractivity contribution in [2.75, 3.05) is 25.1 Å². The van der Waals surface area contributed by atoms with Gasteiger partial charge in [0.05, 0.1) is 6.04 Å². The largest absolute Gasteiger partial charge is 0.480 e. The predicted molar refractivity (Wildman–Crippen MR) is 162 cm³/mol. The number of amides is 3. The number of rotatable bonds is 20. The number of aromatic nitrogens is 1. The number of nitrogens with one attached hydrogen (secondary N) is 4. The van der Waals surface area contributed by atoms with Crippen LogP contribution in [-0.2, 0) is 25.6 Å². The summed E-state index contributed by atoms with van der Waals surface area (Å²) in [5, 5.41) is 18.7. The van der Waals surface area contributed by atoms with E-state index in [1.54, 1.807) is 6.20 Å². The van der Waals surface area contributed by atoms with E-state index >= 15 is 0 Å². The molecule has 0 saturated carbocycles. The van der Waals surface area contributed by atoms with Crippen LogP contribution in [0.4, 0.5) is 0 Å². The molecule has 41 heavy (non-hydrogen) atoms. The smallest absolute Gasteiger partial charge is 0.326 e. The van der Waals surface area contributed by atoms with Crippen LogP contribution in [0.2, 0.25) is 0 Å². The summed E-state index contributed by atoms with van der Waals surface area (Å²) in [6.07, 6.45) is 7.32. The monoisotopic (exact) mass is 591 g/mol. The molecule has 0 bridgehead atoms. The molecule has 4 unspecified atom stereocenters. The number of aromatic amines is 1. The van der Waals surface area contributed by atoms with Crippen LogP contribution in [-0.4, -0.2) is 83.0 Å². The minimum Gasteiger partial charge on any atom is -0.480 e. The Bertz CT molecular complexity index is 1130. The second-order valence-electron chi connectivity index (χ2n) is 10.0. The summed E-state index contributed by atoms with van der Waals surface area (Å²) in [5.74, 6) is -2.20. The average molecular weight is 592 g/mol. The number of aliphatic carboxylic acids is 1. The van der Waals surface area contributed by atoms with Gasteiger partial charge in [0.2, 0.25) is 17.7 Å². The van der Waals surface area contributed by atoms with Crippen LogP contribution in [0.15, 0.2) is 30.5 Å². The Kier molecular flexibility index (Phi) is 15.2. The van der Waals surface area contributed by atoms with Gasteiger partial charge in [-0.15, -0.1) is 0 Å². The Morgan fingerprint density at radius 2 is 1.46 bits per heavy atom. The van der Waals surface area contributed by atoms with Crippen molar-refractivity contribution in [2.24, 2.45) is 17.2 Å². The highest BCUT2D eigenvalue weighted by Gasteiger charge is 2.30. The molecule has 0 aliphatic rings. The zero-order valence-electron chi connectivity index (χ0n) is 23.7. The molecule has 2 aromatic rings. The molecule has 0 aliphatic carbocycles. The number of hydrogen-bond acceptors (Lipinski definition) is 8. The summed E-state index contributed by atoms with van der Waals surface area (Å²) >= 11 is 1.52. The van der Waals surface area contributed by atoms with Crippen LogP contribution >= 0.6 is 11.8 Å². The van der Waals surface area contributed by atoms with Crippen LogP contribution in [0, 0.1) is 0 Å². The first-order valence-electron chi connectivity index (χ1n) is 14.0. The van der Waals surface area contributed by atoms with Crippen LogP contribution in [0.25, 0.3) is 10.9 Å². The number of carbonyl (C=O) groups excluding carboxylic acids is 3. The van der Waals surface area contributed by atoms with Crippen LogP contribution < -0.4 is 33.2 Å². The Hall–Kier alpha value is -3.13. The Morgan fingerprint density at radius 3 is 2.12 bits per heavy atom. The highest BCUT2D eigenvalue weighted by molar-refractivity contribution is 7.98. The number of H-pyrrole nitrogens is 1. The third kappa shape index (κ3) is 11.3. The van der Waals surface area contributed by atoms with E-state index in [2.05, 4.69) is 20.9 Å². The second-order valence-corrected chi connectivity index (χ2v) is 11.0. The van der Waals surface area contributed by atoms with E-state index in [-0.39, 0.29) is 12.8 Å². The van der Waals surface area contributed by atoms with Gasteiger partial charge in [-0.3, -0.25) is 14.4 Å². The van der Waals surface area contributed by atoms with Crippen molar-refractivity contribution >= 4 is 46.4 Å². The standard InChI is InChI=1S/C28H45N7O5S/c1-41-15-12-22(33-25(36)20(31)9-4-6-13-29)26(37)35-24(16-18-17-32-21-10-3-2-8-19(18)21)27(38)34-23(28(39)40)11-5-7-14-30/h2-3,8,10,17,20,22-24,32H,4-7,9,11-16,29-31H2,1H3,(H,33,36)(H,34,38)(H,35,37)(H,39,40). The maximum absolute atomic E-state index is 13.5. The fourth-order valence-corrected chi connectivity index (χ4v) is 4.92. The van der Waals surface area contributed by atoms with E-state index in [1.165, 1.54) is 11.8 Å². The molecule has 0 aliphatic heterocycles. The summed E-state index contributed by atoms with van der Waals surface area (Å²) in [5.41, 5.74) is 18.7. The van der Waals surface area contributed by atoms with Gasteiger partial charge in [-0.1, -0.05) is 24.6 Å². The maximum atomic E-state index is 13.5. The first-order valence-corrected chi connectivity index (χ1v) is 15.4. The van der Waals surface area contributed by atoms with Gasteiger partial charge < -0.3 is 43.2 Å². The molecule has 3 amide bonds. The number of para-hydroxylation sites is 1. The topological polar surface area (TPSA) is 218 Å². The molecule has 228 valence electrons. The molecule has 1 aromatic carbocycles. The zero-order chi connectivity index (χ0) is 30.2. The fraction of sp³-hybridized carbons (Fsp3) is 0.571. The number of fused-ring (bicyclic) bond motifs is 1. The maximum Gasteiger partial charge on any atom is 0.326 e. The van der Waals surface area contributed by atoms with E-state index in [0.29, 0.717) is 50.9 Å². The quantitative estimate of drug-likeness (QED) is 0.101. The lowest BCUT2D eigenvalue weighted by atomic mass is 10.0. The van der Waals surface area contributed by atoms with Gasteiger partial charge in [-0.2, -0.15) is 11.8 Å². The zero-order valence-corrected chi connectivity index (χ0v) is 24.5. The van der Waals surface area contributed by atoms with Crippen molar-refractivity contribution in [1.29, 1.82) is 0 Å². The Morgan fingerprint density at radius 1 is 0.854 bits per heavy atom. The summed E-state index contributed by atoms with van der Waals surface area (Å²) < 4.78 is 0. The van der Waals surface area contributed by atoms with Crippen LogP contribution in [0.5, 0.6) is 0 Å². The van der Waals surface area contributed by atoms with E-state index in [9.17, 15) is 24.3 Å². The minimum atomic E-state index is -1.17. The molecule has 13 heteroatoms. The highest BCUT2D eigenvalue weighted by Crippen LogP contribution is 2.19. The Balaban J connectivity index is 2.25. The Labute approximate surface area is 245 Å². The lowest BCUT2D eigenvalue weighted by Crippen LogP contribution is -2.57. The molecule has 1 aromatic heterocycles. The molecule has 2 rings (SSSR count). The second kappa shape index (κ2) is 18.3. The number of hydrogen-bond donors (Lipinski definition) is 8. The van der Waals surface area contributed by atoms with Crippen molar-refractivity contribution in [2.45, 2.75) is 75.5 Å². The third-order valence-electron chi connectivity index (χ3n) is 6.84. The molecule has 1 heterocycles. The number of thioether (sulfide) groups is 1. The minimum absolute atomic E-state index is 0.110. The van der Waals surface area contributed by atoms with Gasteiger partial charge in [0.1, 0.15) is 18.1 Å². The van der Waals surface area contributed by atoms with E-state index in [1.807, 2.05) is 30.5 Å². The molecule has 0 spiro atoms. The van der Waals surface area contributed by atoms with E-state index < -0.39 is 47.9 Å². The van der Waals surface area contributed by atoms with Gasteiger partial charge in [-0.25, -0.2) is 4.79 Å². The number of carbonyl (C=O) groups is 4. The van der Waals surface area contributed by atoms with Gasteiger partial charge in [0, 0.05) is 23.5 Å². The van der Waals surface area contributed by atoms with Crippen molar-refractivity contribution in [3.63, 3.8) is 0 Å². The molecule has 11 N–H and O–H groups in total. The summed E-state index contributed by atoms with van der Waals surface area (Å²) in [6, 6.07) is 3.62. The molecule has 0 radical (unpaired) electrons. The van der Waals surface area contributed by atoms with Crippen molar-refractivity contribution < 1.29 is 24.3 Å². The molecule has 12 nitrogen and oxygen atoms in total. The highest BCUT2D eigenvalue weighted by atomic mass is 32.2. The van der Waals surface area contributed by atoms with Gasteiger partial charge in [-0.05, 0) is 75.3 Å². The summed E-state index contributed by atoms with van der Waals surface area (Å²) in [4.78, 5) is 54.7. The van der Waals surface area contributed by atoms with Crippen molar-refractivity contribution in [1.82, 2.24) is 20.9 Å². The number of nitrogens with two attached hydrogens (primary N) is 3. The molecular formula is C28H45N7O5S. The summed E-state index contributed by atoms with van der Waals surface area (Å²) in [7, 11) is 0. The summed E-state index contributed by atoms with van der Waals surface area (Å²) in [6.45, 7) is 0.919. The number of carboxylic acids is 1. The SMILES string of the molecule is CSCCC(NC(=O)C(N)CCCCN)C(=O)NC(Cc1c[nH]c2ccccc12)C(=O)NC(CCCCN)C(=O)O. The average Bonchev–Trinajstić information content (AvgIpc) is 3.36. The molecule has 4 atom stereocenters. The van der Waals surface area contributed by atoms with E-state index in [4.69, 9.17) is 17.2 Å². The van der Waals surface area contributed by atoms with Crippen LogP contribution in [0.3, 0.4) is 0 Å². The van der Waals surface area contributed by atoms with Gasteiger partial charge >= 0.3 is 5.97 Å². The molecule has 0 fully saturated rings. The lowest BCUT2D eigenvalue weighted by Gasteiger charge is -2.25. The van der Waals surface area contributed by atoms with Gasteiger partial charge in [0.25, 0.3) is 0 Å². The normalized spacial score (nSPS) is 14.1.